The number of benzene rings is 1. The van der Waals surface area contributed by atoms with E-state index in [1.807, 2.05) is 0 Å². The van der Waals surface area contributed by atoms with Gasteiger partial charge < -0.3 is 15.2 Å². The van der Waals surface area contributed by atoms with Crippen LogP contribution in [0.3, 0.4) is 0 Å². The van der Waals surface area contributed by atoms with Gasteiger partial charge >= 0.3 is 5.97 Å². The smallest absolute Gasteiger partial charge is 0.331 e. The van der Waals surface area contributed by atoms with E-state index in [9.17, 15) is 23.5 Å². The van der Waals surface area contributed by atoms with Crippen molar-refractivity contribution in [1.29, 1.82) is 0 Å². The van der Waals surface area contributed by atoms with Crippen molar-refractivity contribution in [2.45, 2.75) is 31.2 Å². The number of carboxylic acids is 1. The molecule has 1 aromatic rings. The molecular weight excluding hydrogens is 296 g/mol. The van der Waals surface area contributed by atoms with Gasteiger partial charge in [0.25, 0.3) is 0 Å². The number of carbonyl (C=O) groups is 2. The van der Waals surface area contributed by atoms with Crippen LogP contribution in [-0.4, -0.2) is 35.7 Å². The van der Waals surface area contributed by atoms with Crippen molar-refractivity contribution in [2.75, 3.05) is 13.2 Å². The second-order valence-electron chi connectivity index (χ2n) is 5.34. The molecule has 2 rings (SSSR count). The van der Waals surface area contributed by atoms with Gasteiger partial charge in [-0.25, -0.2) is 13.6 Å². The molecule has 1 unspecified atom stereocenters. The summed E-state index contributed by atoms with van der Waals surface area (Å²) >= 11 is 0. The molecule has 120 valence electrons. The Morgan fingerprint density at radius 1 is 1.32 bits per heavy atom. The van der Waals surface area contributed by atoms with Crippen molar-refractivity contribution in [3.05, 3.63) is 35.4 Å². The van der Waals surface area contributed by atoms with Crippen LogP contribution < -0.4 is 5.32 Å². The Balaban J connectivity index is 1.82. The molecule has 1 saturated heterocycles. The van der Waals surface area contributed by atoms with Gasteiger partial charge in [0.15, 0.2) is 17.2 Å². The van der Waals surface area contributed by atoms with Crippen LogP contribution in [0.5, 0.6) is 0 Å². The van der Waals surface area contributed by atoms with Gasteiger partial charge in [-0.2, -0.15) is 0 Å². The predicted molar refractivity (Wildman–Crippen MR) is 73.2 cm³/mol. The highest BCUT2D eigenvalue weighted by atomic mass is 19.2. The van der Waals surface area contributed by atoms with Crippen LogP contribution in [-0.2, 0) is 20.7 Å². The number of aliphatic carboxylic acids is 1. The maximum Gasteiger partial charge on any atom is 0.331 e. The number of hydrogen-bond donors (Lipinski definition) is 2. The van der Waals surface area contributed by atoms with Crippen molar-refractivity contribution < 1.29 is 28.2 Å². The zero-order valence-corrected chi connectivity index (χ0v) is 11.9. The second-order valence-corrected chi connectivity index (χ2v) is 5.34. The largest absolute Gasteiger partial charge is 0.479 e. The number of rotatable bonds is 6. The number of amides is 1. The molecule has 1 heterocycles. The van der Waals surface area contributed by atoms with Gasteiger partial charge in [-0.3, -0.25) is 4.79 Å². The highest BCUT2D eigenvalue weighted by molar-refractivity contribution is 5.87. The molecule has 0 spiro atoms. The number of aryl methyl sites for hydroxylation is 1. The van der Waals surface area contributed by atoms with E-state index in [0.29, 0.717) is 25.0 Å². The Labute approximate surface area is 126 Å². The average molecular weight is 313 g/mol. The lowest BCUT2D eigenvalue weighted by molar-refractivity contribution is -0.147. The number of ether oxygens (including phenoxy) is 1. The first-order valence-corrected chi connectivity index (χ1v) is 6.99. The van der Waals surface area contributed by atoms with Crippen LogP contribution in [0.15, 0.2) is 18.2 Å². The Morgan fingerprint density at radius 2 is 2.09 bits per heavy atom. The van der Waals surface area contributed by atoms with E-state index < -0.39 is 29.0 Å². The highest BCUT2D eigenvalue weighted by Crippen LogP contribution is 2.19. The lowest BCUT2D eigenvalue weighted by atomic mass is 9.98. The standard InChI is InChI=1S/C15H17F2NO4/c16-11-5-4-10(8-12(11)17)2-1-3-13(19)18-15(14(20)21)6-7-22-9-15/h4-5,8H,1-3,6-7,9H2,(H,18,19)(H,20,21). The van der Waals surface area contributed by atoms with Gasteiger partial charge in [0.2, 0.25) is 5.91 Å². The molecule has 1 amide bonds. The van der Waals surface area contributed by atoms with E-state index in [1.54, 1.807) is 0 Å². The molecule has 0 aromatic heterocycles. The fourth-order valence-corrected chi connectivity index (χ4v) is 2.36. The van der Waals surface area contributed by atoms with Crippen LogP contribution in [0.1, 0.15) is 24.8 Å². The Kier molecular flexibility index (Phi) is 5.07. The Hall–Kier alpha value is -2.02. The summed E-state index contributed by atoms with van der Waals surface area (Å²) in [5.41, 5.74) is -0.761. The van der Waals surface area contributed by atoms with Gasteiger partial charge in [0.05, 0.1) is 6.61 Å². The number of carbonyl (C=O) groups excluding carboxylic acids is 1. The zero-order chi connectivity index (χ0) is 16.2. The quantitative estimate of drug-likeness (QED) is 0.837. The predicted octanol–water partition coefficient (Wildman–Crippen LogP) is 1.65. The van der Waals surface area contributed by atoms with E-state index in [1.165, 1.54) is 6.07 Å². The van der Waals surface area contributed by atoms with Crippen molar-refractivity contribution in [1.82, 2.24) is 5.32 Å². The molecule has 22 heavy (non-hydrogen) atoms. The van der Waals surface area contributed by atoms with E-state index in [0.717, 1.165) is 12.1 Å². The minimum absolute atomic E-state index is 0.0444. The van der Waals surface area contributed by atoms with Crippen LogP contribution in [0.4, 0.5) is 8.78 Å². The zero-order valence-electron chi connectivity index (χ0n) is 11.9. The summed E-state index contributed by atoms with van der Waals surface area (Å²) in [6.45, 7) is 0.249. The summed E-state index contributed by atoms with van der Waals surface area (Å²) in [6, 6.07) is 3.59. The van der Waals surface area contributed by atoms with Crippen molar-refractivity contribution in [3.63, 3.8) is 0 Å². The summed E-state index contributed by atoms with van der Waals surface area (Å²) in [4.78, 5) is 23.1. The first kappa shape index (κ1) is 16.4. The summed E-state index contributed by atoms with van der Waals surface area (Å²) in [5, 5.41) is 11.7. The third-order valence-electron chi connectivity index (χ3n) is 3.66. The molecule has 0 aliphatic carbocycles. The third kappa shape index (κ3) is 3.79. The molecule has 0 radical (unpaired) electrons. The summed E-state index contributed by atoms with van der Waals surface area (Å²) < 4.78 is 30.9. The topological polar surface area (TPSA) is 75.6 Å². The Bertz CT molecular complexity index is 571. The minimum Gasteiger partial charge on any atom is -0.479 e. The fraction of sp³-hybridized carbons (Fsp3) is 0.467. The van der Waals surface area contributed by atoms with E-state index in [-0.39, 0.29) is 19.4 Å². The molecule has 1 fully saturated rings. The van der Waals surface area contributed by atoms with E-state index in [2.05, 4.69) is 5.32 Å². The van der Waals surface area contributed by atoms with Gasteiger partial charge in [-0.05, 0) is 30.5 Å². The molecule has 1 aliphatic heterocycles. The van der Waals surface area contributed by atoms with E-state index in [4.69, 9.17) is 4.74 Å². The molecule has 7 heteroatoms. The van der Waals surface area contributed by atoms with Gasteiger partial charge in [-0.1, -0.05) is 6.07 Å². The van der Waals surface area contributed by atoms with Crippen LogP contribution in [0.25, 0.3) is 0 Å². The third-order valence-corrected chi connectivity index (χ3v) is 3.66. The number of carboxylic acid groups (broad SMARTS) is 1. The lowest BCUT2D eigenvalue weighted by Crippen LogP contribution is -2.55. The SMILES string of the molecule is O=C(CCCc1ccc(F)c(F)c1)NC1(C(=O)O)CCOC1. The monoisotopic (exact) mass is 313 g/mol. The number of hydrogen-bond acceptors (Lipinski definition) is 3. The number of nitrogens with one attached hydrogen (secondary N) is 1. The maximum atomic E-state index is 13.0. The lowest BCUT2D eigenvalue weighted by Gasteiger charge is -2.23. The van der Waals surface area contributed by atoms with Gasteiger partial charge in [0.1, 0.15) is 0 Å². The first-order chi connectivity index (χ1) is 10.4. The highest BCUT2D eigenvalue weighted by Gasteiger charge is 2.43. The number of halogens is 2. The molecule has 0 saturated carbocycles. The normalized spacial score (nSPS) is 20.8. The molecule has 1 aromatic carbocycles. The van der Waals surface area contributed by atoms with Crippen molar-refractivity contribution in [3.8, 4) is 0 Å². The Morgan fingerprint density at radius 3 is 2.68 bits per heavy atom. The van der Waals surface area contributed by atoms with Gasteiger partial charge in [-0.15, -0.1) is 0 Å². The molecule has 2 N–H and O–H groups in total. The van der Waals surface area contributed by atoms with Crippen LogP contribution in [0, 0.1) is 11.6 Å². The molecule has 0 bridgehead atoms. The molecule has 1 aliphatic rings. The molecule has 5 nitrogen and oxygen atoms in total. The first-order valence-electron chi connectivity index (χ1n) is 6.99. The average Bonchev–Trinajstić information content (AvgIpc) is 2.92. The summed E-state index contributed by atoms with van der Waals surface area (Å²) in [7, 11) is 0. The maximum absolute atomic E-state index is 13.0. The van der Waals surface area contributed by atoms with Crippen LogP contribution in [0.2, 0.25) is 0 Å². The fourth-order valence-electron chi connectivity index (χ4n) is 2.36. The van der Waals surface area contributed by atoms with Crippen LogP contribution >= 0.6 is 0 Å². The summed E-state index contributed by atoms with van der Waals surface area (Å²) in [5.74, 6) is -3.34. The second kappa shape index (κ2) is 6.83. The molecular formula is C15H17F2NO4. The van der Waals surface area contributed by atoms with Gasteiger partial charge in [0, 0.05) is 19.4 Å². The van der Waals surface area contributed by atoms with E-state index >= 15 is 0 Å². The van der Waals surface area contributed by atoms with Crippen molar-refractivity contribution in [2.24, 2.45) is 0 Å². The minimum atomic E-state index is -1.35. The summed E-state index contributed by atoms with van der Waals surface area (Å²) in [6.07, 6.45) is 1.15. The molecule has 1 atom stereocenters. The van der Waals surface area contributed by atoms with Crippen molar-refractivity contribution >= 4 is 11.9 Å².